The molecule has 1 rings (SSSR count). The molecule has 0 heterocycles. The third kappa shape index (κ3) is 2.23. The average Bonchev–Trinajstić information content (AvgIpc) is 2.18. The summed E-state index contributed by atoms with van der Waals surface area (Å²) in [6.45, 7) is 0.229. The molecule has 1 aromatic carbocycles. The standard InChI is InChI=1S/C10H11F3/c1-2-8-4-3-5-9(6-8)10(12,13)7-11/h3-6H,2,7H2,1H3. The summed E-state index contributed by atoms with van der Waals surface area (Å²) in [6, 6.07) is 5.87. The van der Waals surface area contributed by atoms with Crippen LogP contribution in [0.4, 0.5) is 13.2 Å². The molecule has 0 saturated carbocycles. The zero-order valence-corrected chi connectivity index (χ0v) is 7.36. The monoisotopic (exact) mass is 188 g/mol. The molecule has 0 N–H and O–H groups in total. The van der Waals surface area contributed by atoms with Gasteiger partial charge in [-0.2, -0.15) is 8.78 Å². The van der Waals surface area contributed by atoms with Gasteiger partial charge in [0.2, 0.25) is 0 Å². The number of aryl methyl sites for hydroxylation is 1. The van der Waals surface area contributed by atoms with E-state index in [0.717, 1.165) is 5.56 Å². The summed E-state index contributed by atoms with van der Waals surface area (Å²) in [7, 11) is 0. The first kappa shape index (κ1) is 10.1. The third-order valence-corrected chi connectivity index (χ3v) is 1.93. The van der Waals surface area contributed by atoms with Crippen LogP contribution in [0.1, 0.15) is 18.1 Å². The molecule has 13 heavy (non-hydrogen) atoms. The number of halogens is 3. The zero-order chi connectivity index (χ0) is 9.90. The second kappa shape index (κ2) is 3.81. The number of rotatable bonds is 3. The van der Waals surface area contributed by atoms with Gasteiger partial charge in [0.1, 0.15) is 0 Å². The van der Waals surface area contributed by atoms with Crippen LogP contribution >= 0.6 is 0 Å². The van der Waals surface area contributed by atoms with Crippen molar-refractivity contribution in [3.05, 3.63) is 35.4 Å². The highest BCUT2D eigenvalue weighted by Gasteiger charge is 2.31. The molecule has 0 atom stereocenters. The van der Waals surface area contributed by atoms with E-state index < -0.39 is 12.6 Å². The van der Waals surface area contributed by atoms with Crippen LogP contribution in [0.15, 0.2) is 24.3 Å². The van der Waals surface area contributed by atoms with Gasteiger partial charge >= 0.3 is 5.92 Å². The van der Waals surface area contributed by atoms with Gasteiger partial charge in [-0.1, -0.05) is 25.1 Å². The minimum Gasteiger partial charge on any atom is -0.244 e. The van der Waals surface area contributed by atoms with Gasteiger partial charge in [0, 0.05) is 5.56 Å². The largest absolute Gasteiger partial charge is 0.301 e. The molecular formula is C10H11F3. The van der Waals surface area contributed by atoms with Crippen LogP contribution in [-0.4, -0.2) is 6.67 Å². The lowest BCUT2D eigenvalue weighted by atomic mass is 10.0. The van der Waals surface area contributed by atoms with Gasteiger partial charge in [-0.15, -0.1) is 0 Å². The van der Waals surface area contributed by atoms with Crippen molar-refractivity contribution < 1.29 is 13.2 Å². The Morgan fingerprint density at radius 3 is 2.54 bits per heavy atom. The van der Waals surface area contributed by atoms with Crippen LogP contribution in [0, 0.1) is 0 Å². The molecule has 0 saturated heterocycles. The predicted molar refractivity (Wildman–Crippen MR) is 45.7 cm³/mol. The fourth-order valence-corrected chi connectivity index (χ4v) is 1.10. The molecule has 1 aromatic rings. The minimum atomic E-state index is -3.34. The van der Waals surface area contributed by atoms with Crippen molar-refractivity contribution in [2.24, 2.45) is 0 Å². The lowest BCUT2D eigenvalue weighted by Crippen LogP contribution is -2.15. The molecule has 0 fully saturated rings. The lowest BCUT2D eigenvalue weighted by molar-refractivity contribution is -0.0281. The normalized spacial score (nSPS) is 11.7. The van der Waals surface area contributed by atoms with Crippen molar-refractivity contribution in [2.45, 2.75) is 19.3 Å². The second-order valence-electron chi connectivity index (χ2n) is 2.89. The molecule has 0 spiro atoms. The summed E-state index contributed by atoms with van der Waals surface area (Å²) in [6.07, 6.45) is 0.677. The summed E-state index contributed by atoms with van der Waals surface area (Å²) in [5, 5.41) is 0. The number of benzene rings is 1. The SMILES string of the molecule is CCc1cccc(C(F)(F)CF)c1. The molecule has 0 unspecified atom stereocenters. The Hall–Kier alpha value is -0.990. The molecule has 0 bridgehead atoms. The maximum Gasteiger partial charge on any atom is 0.301 e. The van der Waals surface area contributed by atoms with Crippen LogP contribution in [0.2, 0.25) is 0 Å². The molecule has 0 radical (unpaired) electrons. The first-order valence-electron chi connectivity index (χ1n) is 4.13. The van der Waals surface area contributed by atoms with Gasteiger partial charge in [-0.05, 0) is 18.1 Å². The van der Waals surface area contributed by atoms with Crippen molar-refractivity contribution in [3.8, 4) is 0 Å². The highest BCUT2D eigenvalue weighted by Crippen LogP contribution is 2.28. The highest BCUT2D eigenvalue weighted by molar-refractivity contribution is 5.26. The van der Waals surface area contributed by atoms with E-state index in [1.807, 2.05) is 6.92 Å². The van der Waals surface area contributed by atoms with Crippen molar-refractivity contribution in [1.82, 2.24) is 0 Å². The Bertz CT molecular complexity index is 281. The zero-order valence-electron chi connectivity index (χ0n) is 7.36. The van der Waals surface area contributed by atoms with Crippen LogP contribution in [0.5, 0.6) is 0 Å². The fourth-order valence-electron chi connectivity index (χ4n) is 1.10. The quantitative estimate of drug-likeness (QED) is 0.682. The summed E-state index contributed by atoms with van der Waals surface area (Å²) in [4.78, 5) is 0. The molecule has 0 amide bonds. The van der Waals surface area contributed by atoms with Crippen molar-refractivity contribution in [1.29, 1.82) is 0 Å². The highest BCUT2D eigenvalue weighted by atomic mass is 19.3. The van der Waals surface area contributed by atoms with E-state index in [9.17, 15) is 13.2 Å². The van der Waals surface area contributed by atoms with E-state index in [-0.39, 0.29) is 5.56 Å². The summed E-state index contributed by atoms with van der Waals surface area (Å²) < 4.78 is 37.6. The van der Waals surface area contributed by atoms with Gasteiger partial charge in [0.05, 0.1) is 0 Å². The first-order chi connectivity index (χ1) is 6.10. The Balaban J connectivity index is 3.01. The van der Waals surface area contributed by atoms with Crippen LogP contribution in [0.25, 0.3) is 0 Å². The topological polar surface area (TPSA) is 0 Å². The molecule has 0 aliphatic rings. The Morgan fingerprint density at radius 2 is 2.00 bits per heavy atom. The smallest absolute Gasteiger partial charge is 0.244 e. The molecule has 3 heteroatoms. The number of alkyl halides is 3. The maximum absolute atomic E-state index is 12.8. The maximum atomic E-state index is 12.8. The van der Waals surface area contributed by atoms with Crippen molar-refractivity contribution >= 4 is 0 Å². The van der Waals surface area contributed by atoms with E-state index in [2.05, 4.69) is 0 Å². The Kier molecular flexibility index (Phi) is 2.96. The Morgan fingerprint density at radius 1 is 1.31 bits per heavy atom. The van der Waals surface area contributed by atoms with Crippen LogP contribution in [-0.2, 0) is 12.3 Å². The van der Waals surface area contributed by atoms with E-state index in [1.54, 1.807) is 6.07 Å². The van der Waals surface area contributed by atoms with Crippen LogP contribution < -0.4 is 0 Å². The Labute approximate surface area is 75.4 Å². The predicted octanol–water partition coefficient (Wildman–Crippen LogP) is 3.31. The van der Waals surface area contributed by atoms with Gasteiger partial charge in [0.15, 0.2) is 6.67 Å². The molecule has 0 aromatic heterocycles. The lowest BCUT2D eigenvalue weighted by Gasteiger charge is -2.12. The first-order valence-corrected chi connectivity index (χ1v) is 4.13. The van der Waals surface area contributed by atoms with Crippen molar-refractivity contribution in [3.63, 3.8) is 0 Å². The van der Waals surface area contributed by atoms with Gasteiger partial charge < -0.3 is 0 Å². The van der Waals surface area contributed by atoms with E-state index >= 15 is 0 Å². The van der Waals surface area contributed by atoms with Gasteiger partial charge in [0.25, 0.3) is 0 Å². The van der Waals surface area contributed by atoms with Crippen molar-refractivity contribution in [2.75, 3.05) is 6.67 Å². The van der Waals surface area contributed by atoms with Gasteiger partial charge in [-0.25, -0.2) is 4.39 Å². The van der Waals surface area contributed by atoms with Crippen LogP contribution in [0.3, 0.4) is 0 Å². The third-order valence-electron chi connectivity index (χ3n) is 1.93. The van der Waals surface area contributed by atoms with Gasteiger partial charge in [-0.3, -0.25) is 0 Å². The number of hydrogen-bond donors (Lipinski definition) is 0. The van der Waals surface area contributed by atoms with E-state index in [4.69, 9.17) is 0 Å². The molecular weight excluding hydrogens is 177 g/mol. The van der Waals surface area contributed by atoms with E-state index in [0.29, 0.717) is 6.42 Å². The average molecular weight is 188 g/mol. The summed E-state index contributed by atoms with van der Waals surface area (Å²) in [5.41, 5.74) is 0.556. The fraction of sp³-hybridized carbons (Fsp3) is 0.400. The minimum absolute atomic E-state index is 0.241. The summed E-state index contributed by atoms with van der Waals surface area (Å²) >= 11 is 0. The number of hydrogen-bond acceptors (Lipinski definition) is 0. The summed E-state index contributed by atoms with van der Waals surface area (Å²) in [5.74, 6) is -3.34. The van der Waals surface area contributed by atoms with E-state index in [1.165, 1.54) is 18.2 Å². The molecule has 0 aliphatic heterocycles. The molecule has 72 valence electrons. The molecule has 0 nitrogen and oxygen atoms in total. The second-order valence-corrected chi connectivity index (χ2v) is 2.89. The molecule has 0 aliphatic carbocycles.